The van der Waals surface area contributed by atoms with Gasteiger partial charge in [-0.2, -0.15) is 0 Å². The summed E-state index contributed by atoms with van der Waals surface area (Å²) in [6.07, 6.45) is 3.64. The van der Waals surface area contributed by atoms with E-state index in [9.17, 15) is 4.79 Å². The molecule has 17 heavy (non-hydrogen) atoms. The van der Waals surface area contributed by atoms with Crippen molar-refractivity contribution in [3.63, 3.8) is 0 Å². The normalized spacial score (nSPS) is 16.6. The lowest BCUT2D eigenvalue weighted by Gasteiger charge is -2.12. The summed E-state index contributed by atoms with van der Waals surface area (Å²) >= 11 is 0. The van der Waals surface area contributed by atoms with Gasteiger partial charge in [-0.05, 0) is 30.4 Å². The van der Waals surface area contributed by atoms with Crippen molar-refractivity contribution in [3.8, 4) is 0 Å². The van der Waals surface area contributed by atoms with E-state index < -0.39 is 0 Å². The zero-order valence-corrected chi connectivity index (χ0v) is 10.3. The van der Waals surface area contributed by atoms with Crippen LogP contribution in [-0.2, 0) is 11.2 Å². The highest BCUT2D eigenvalue weighted by Crippen LogP contribution is 2.20. The van der Waals surface area contributed by atoms with Crippen molar-refractivity contribution in [1.82, 2.24) is 5.32 Å². The fraction of sp³-hybridized carbons (Fsp3) is 0.500. The molecule has 3 nitrogen and oxygen atoms in total. The lowest BCUT2D eigenvalue weighted by atomic mass is 10.0. The lowest BCUT2D eigenvalue weighted by molar-refractivity contribution is -0.121. The van der Waals surface area contributed by atoms with Crippen LogP contribution in [0.5, 0.6) is 0 Å². The Kier molecular flexibility index (Phi) is 3.79. The zero-order valence-electron chi connectivity index (χ0n) is 10.3. The third kappa shape index (κ3) is 3.56. The molecule has 1 saturated carbocycles. The first kappa shape index (κ1) is 12.1. The molecule has 0 spiro atoms. The fourth-order valence-electron chi connectivity index (χ4n) is 1.83. The van der Waals surface area contributed by atoms with E-state index in [1.165, 1.54) is 5.56 Å². The van der Waals surface area contributed by atoms with Gasteiger partial charge in [0.15, 0.2) is 0 Å². The monoisotopic (exact) mass is 232 g/mol. The first-order valence-electron chi connectivity index (χ1n) is 6.33. The van der Waals surface area contributed by atoms with Crippen LogP contribution in [0.25, 0.3) is 0 Å². The van der Waals surface area contributed by atoms with E-state index >= 15 is 0 Å². The van der Waals surface area contributed by atoms with E-state index in [1.807, 2.05) is 12.1 Å². The molecule has 0 aromatic heterocycles. The van der Waals surface area contributed by atoms with E-state index in [4.69, 9.17) is 5.73 Å². The second kappa shape index (κ2) is 5.32. The van der Waals surface area contributed by atoms with Crippen molar-refractivity contribution < 1.29 is 4.79 Å². The van der Waals surface area contributed by atoms with Gasteiger partial charge in [-0.15, -0.1) is 0 Å². The Labute approximate surface area is 102 Å². The Morgan fingerprint density at radius 1 is 1.41 bits per heavy atom. The maximum Gasteiger partial charge on any atom is 0.222 e. The van der Waals surface area contributed by atoms with Gasteiger partial charge in [0, 0.05) is 18.5 Å². The van der Waals surface area contributed by atoms with Crippen LogP contribution < -0.4 is 11.1 Å². The Morgan fingerprint density at radius 2 is 2.06 bits per heavy atom. The third-order valence-corrected chi connectivity index (χ3v) is 3.16. The van der Waals surface area contributed by atoms with E-state index in [2.05, 4.69) is 24.4 Å². The van der Waals surface area contributed by atoms with Crippen molar-refractivity contribution in [3.05, 3.63) is 35.4 Å². The third-order valence-electron chi connectivity index (χ3n) is 3.16. The molecule has 1 atom stereocenters. The molecule has 3 N–H and O–H groups in total. The maximum absolute atomic E-state index is 11.6. The van der Waals surface area contributed by atoms with Crippen LogP contribution in [0.3, 0.4) is 0 Å². The second-order valence-corrected chi connectivity index (χ2v) is 4.75. The first-order valence-corrected chi connectivity index (χ1v) is 6.33. The average Bonchev–Trinajstić information content (AvgIpc) is 3.12. The van der Waals surface area contributed by atoms with Gasteiger partial charge in [0.2, 0.25) is 5.91 Å². The molecule has 1 aliphatic rings. The molecule has 1 aromatic carbocycles. The van der Waals surface area contributed by atoms with Gasteiger partial charge >= 0.3 is 0 Å². The Bertz CT molecular complexity index is 382. The summed E-state index contributed by atoms with van der Waals surface area (Å²) in [5, 5.41) is 2.96. The molecule has 0 heterocycles. The number of aryl methyl sites for hydroxylation is 1. The van der Waals surface area contributed by atoms with E-state index in [0.29, 0.717) is 12.5 Å². The predicted octanol–water partition coefficient (Wildman–Crippen LogP) is 1.92. The highest BCUT2D eigenvalue weighted by molar-refractivity contribution is 5.77. The van der Waals surface area contributed by atoms with Crippen LogP contribution >= 0.6 is 0 Å². The van der Waals surface area contributed by atoms with Crippen LogP contribution in [0.4, 0.5) is 0 Å². The van der Waals surface area contributed by atoms with Crippen LogP contribution in [0.15, 0.2) is 24.3 Å². The van der Waals surface area contributed by atoms with Gasteiger partial charge in [0.05, 0.1) is 0 Å². The van der Waals surface area contributed by atoms with Crippen molar-refractivity contribution >= 4 is 5.91 Å². The molecule has 3 heteroatoms. The van der Waals surface area contributed by atoms with Gasteiger partial charge in [-0.25, -0.2) is 0 Å². The summed E-state index contributed by atoms with van der Waals surface area (Å²) in [6, 6.07) is 8.42. The molecular formula is C14H20N2O. The van der Waals surface area contributed by atoms with E-state index in [1.54, 1.807) is 0 Å². The van der Waals surface area contributed by atoms with Crippen LogP contribution in [0.1, 0.15) is 43.4 Å². The van der Waals surface area contributed by atoms with Crippen LogP contribution in [-0.4, -0.2) is 11.9 Å². The zero-order chi connectivity index (χ0) is 12.3. The molecular weight excluding hydrogens is 212 g/mol. The van der Waals surface area contributed by atoms with Gasteiger partial charge in [0.1, 0.15) is 0 Å². The number of carbonyl (C=O) groups is 1. The summed E-state index contributed by atoms with van der Waals surface area (Å²) < 4.78 is 0. The van der Waals surface area contributed by atoms with Crippen LogP contribution in [0.2, 0.25) is 0 Å². The van der Waals surface area contributed by atoms with Gasteiger partial charge in [-0.1, -0.05) is 31.2 Å². The largest absolute Gasteiger partial charge is 0.353 e. The summed E-state index contributed by atoms with van der Waals surface area (Å²) in [7, 11) is 0. The number of rotatable bonds is 5. The van der Waals surface area contributed by atoms with Gasteiger partial charge < -0.3 is 11.1 Å². The summed E-state index contributed by atoms with van der Waals surface area (Å²) in [5.41, 5.74) is 8.35. The smallest absolute Gasteiger partial charge is 0.222 e. The summed E-state index contributed by atoms with van der Waals surface area (Å²) in [4.78, 5) is 11.6. The van der Waals surface area contributed by atoms with Crippen molar-refractivity contribution in [2.75, 3.05) is 0 Å². The Balaban J connectivity index is 1.88. The van der Waals surface area contributed by atoms with Crippen molar-refractivity contribution in [1.29, 1.82) is 0 Å². The number of nitrogens with two attached hydrogens (primary N) is 1. The minimum Gasteiger partial charge on any atom is -0.353 e. The molecule has 0 aliphatic heterocycles. The number of hydrogen-bond donors (Lipinski definition) is 2. The molecule has 1 unspecified atom stereocenters. The molecule has 1 amide bonds. The molecule has 2 rings (SSSR count). The minimum atomic E-state index is -0.195. The molecule has 0 bridgehead atoms. The number of carbonyl (C=O) groups excluding carboxylic acids is 1. The number of hydrogen-bond acceptors (Lipinski definition) is 2. The molecule has 1 aliphatic carbocycles. The highest BCUT2D eigenvalue weighted by Gasteiger charge is 2.24. The minimum absolute atomic E-state index is 0.0690. The quantitative estimate of drug-likeness (QED) is 0.815. The van der Waals surface area contributed by atoms with Crippen molar-refractivity contribution in [2.24, 2.45) is 5.73 Å². The van der Waals surface area contributed by atoms with E-state index in [-0.39, 0.29) is 11.9 Å². The van der Waals surface area contributed by atoms with Crippen molar-refractivity contribution in [2.45, 2.75) is 44.7 Å². The maximum atomic E-state index is 11.6. The summed E-state index contributed by atoms with van der Waals surface area (Å²) in [6.45, 7) is 2.12. The molecule has 1 aromatic rings. The van der Waals surface area contributed by atoms with Crippen LogP contribution in [0, 0.1) is 0 Å². The van der Waals surface area contributed by atoms with Gasteiger partial charge in [0.25, 0.3) is 0 Å². The Morgan fingerprint density at radius 3 is 2.59 bits per heavy atom. The molecule has 0 saturated heterocycles. The first-order chi connectivity index (χ1) is 8.19. The average molecular weight is 232 g/mol. The lowest BCUT2D eigenvalue weighted by Crippen LogP contribution is -2.29. The fourth-order valence-corrected chi connectivity index (χ4v) is 1.83. The SMILES string of the molecule is CCc1ccc(C(N)CC(=O)NC2CC2)cc1. The van der Waals surface area contributed by atoms with Gasteiger partial charge in [-0.3, -0.25) is 4.79 Å². The second-order valence-electron chi connectivity index (χ2n) is 4.75. The standard InChI is InChI=1S/C14H20N2O/c1-2-10-3-5-11(6-4-10)13(15)9-14(17)16-12-7-8-12/h3-6,12-13H,2,7-9,15H2,1H3,(H,16,17). The Hall–Kier alpha value is -1.35. The molecule has 0 radical (unpaired) electrons. The molecule has 1 fully saturated rings. The predicted molar refractivity (Wildman–Crippen MR) is 68.5 cm³/mol. The highest BCUT2D eigenvalue weighted by atomic mass is 16.1. The number of benzene rings is 1. The molecule has 92 valence electrons. The van der Waals surface area contributed by atoms with E-state index in [0.717, 1.165) is 24.8 Å². The number of nitrogens with one attached hydrogen (secondary N) is 1. The topological polar surface area (TPSA) is 55.1 Å². The number of amides is 1. The summed E-state index contributed by atoms with van der Waals surface area (Å²) in [5.74, 6) is 0.0690.